The number of ether oxygens (including phenoxy) is 2. The van der Waals surface area contributed by atoms with E-state index in [0.717, 1.165) is 16.5 Å². The van der Waals surface area contributed by atoms with Crippen LogP contribution in [0.5, 0.6) is 5.75 Å². The number of rotatable bonds is 9. The van der Waals surface area contributed by atoms with Crippen molar-refractivity contribution in [1.29, 1.82) is 0 Å². The van der Waals surface area contributed by atoms with Crippen LogP contribution >= 0.6 is 0 Å². The van der Waals surface area contributed by atoms with Gasteiger partial charge in [0.25, 0.3) is 5.91 Å². The number of carbonyl (C=O) groups excluding carboxylic acids is 3. The average molecular weight is 420 g/mol. The third kappa shape index (κ3) is 6.57. The zero-order chi connectivity index (χ0) is 22.1. The van der Waals surface area contributed by atoms with Crippen molar-refractivity contribution in [3.8, 4) is 5.75 Å². The molecule has 0 bridgehead atoms. The molecule has 160 valence electrons. The minimum absolute atomic E-state index is 0.0543. The molecule has 31 heavy (non-hydrogen) atoms. The first kappa shape index (κ1) is 21.8. The molecule has 0 radical (unpaired) electrons. The lowest BCUT2D eigenvalue weighted by atomic mass is 10.1. The Bertz CT molecular complexity index is 1060. The maximum absolute atomic E-state index is 12.2. The van der Waals surface area contributed by atoms with E-state index in [-0.39, 0.29) is 25.4 Å². The summed E-state index contributed by atoms with van der Waals surface area (Å²) in [4.78, 5) is 35.9. The van der Waals surface area contributed by atoms with Crippen molar-refractivity contribution in [3.63, 3.8) is 0 Å². The molecule has 0 saturated carbocycles. The van der Waals surface area contributed by atoms with E-state index in [9.17, 15) is 14.4 Å². The van der Waals surface area contributed by atoms with Gasteiger partial charge in [0.15, 0.2) is 6.61 Å². The van der Waals surface area contributed by atoms with Crippen LogP contribution in [0.4, 0.5) is 11.4 Å². The van der Waals surface area contributed by atoms with Gasteiger partial charge in [-0.15, -0.1) is 0 Å². The first-order valence-corrected chi connectivity index (χ1v) is 9.92. The van der Waals surface area contributed by atoms with Gasteiger partial charge < -0.3 is 20.1 Å². The summed E-state index contributed by atoms with van der Waals surface area (Å²) in [6.07, 6.45) is 0.560. The number of esters is 1. The van der Waals surface area contributed by atoms with E-state index in [1.165, 1.54) is 0 Å². The van der Waals surface area contributed by atoms with Crippen LogP contribution in [-0.2, 0) is 19.1 Å². The topological polar surface area (TPSA) is 93.7 Å². The summed E-state index contributed by atoms with van der Waals surface area (Å²) in [5.74, 6) is -0.467. The monoisotopic (exact) mass is 420 g/mol. The molecule has 0 fully saturated rings. The van der Waals surface area contributed by atoms with E-state index in [4.69, 9.17) is 9.47 Å². The molecule has 0 atom stereocenters. The molecule has 2 amide bonds. The molecule has 2 N–H and O–H groups in total. The van der Waals surface area contributed by atoms with Crippen LogP contribution in [0.1, 0.15) is 19.3 Å². The number of fused-ring (bicyclic) bond motifs is 1. The molecule has 0 heterocycles. The second kappa shape index (κ2) is 10.8. The molecular formula is C24H24N2O5. The fraction of sp³-hybridized carbons (Fsp3) is 0.208. The molecule has 0 aliphatic rings. The summed E-state index contributed by atoms with van der Waals surface area (Å²) < 4.78 is 10.0. The molecular weight excluding hydrogens is 396 g/mol. The molecule has 7 heteroatoms. The maximum atomic E-state index is 12.2. The molecule has 3 aromatic rings. The largest absolute Gasteiger partial charge is 0.497 e. The van der Waals surface area contributed by atoms with Gasteiger partial charge in [0, 0.05) is 29.6 Å². The number of methoxy groups -OCH3 is 1. The zero-order valence-corrected chi connectivity index (χ0v) is 17.2. The summed E-state index contributed by atoms with van der Waals surface area (Å²) in [5, 5.41) is 7.51. The highest BCUT2D eigenvalue weighted by molar-refractivity contribution is 6.02. The van der Waals surface area contributed by atoms with Crippen LogP contribution < -0.4 is 15.4 Å². The van der Waals surface area contributed by atoms with Gasteiger partial charge >= 0.3 is 5.97 Å². The van der Waals surface area contributed by atoms with Crippen molar-refractivity contribution in [3.05, 3.63) is 66.7 Å². The van der Waals surface area contributed by atoms with Gasteiger partial charge in [-0.1, -0.05) is 36.4 Å². The fourth-order valence-electron chi connectivity index (χ4n) is 3.03. The summed E-state index contributed by atoms with van der Waals surface area (Å²) in [7, 11) is 1.56. The Morgan fingerprint density at radius 1 is 0.806 bits per heavy atom. The van der Waals surface area contributed by atoms with Crippen LogP contribution in [0.2, 0.25) is 0 Å². The molecule has 0 aliphatic carbocycles. The van der Waals surface area contributed by atoms with Crippen molar-refractivity contribution in [2.24, 2.45) is 0 Å². The predicted molar refractivity (Wildman–Crippen MR) is 119 cm³/mol. The highest BCUT2D eigenvalue weighted by Gasteiger charge is 2.10. The van der Waals surface area contributed by atoms with E-state index < -0.39 is 11.9 Å². The molecule has 3 rings (SSSR count). The number of amides is 2. The number of hydrogen-bond acceptors (Lipinski definition) is 5. The third-order valence-corrected chi connectivity index (χ3v) is 4.59. The van der Waals surface area contributed by atoms with Crippen LogP contribution in [0.15, 0.2) is 66.7 Å². The quantitative estimate of drug-likeness (QED) is 0.508. The van der Waals surface area contributed by atoms with Gasteiger partial charge in [0.2, 0.25) is 5.91 Å². The Morgan fingerprint density at radius 3 is 2.32 bits per heavy atom. The average Bonchev–Trinajstić information content (AvgIpc) is 2.78. The zero-order valence-electron chi connectivity index (χ0n) is 17.2. The number of nitrogens with one attached hydrogen (secondary N) is 2. The summed E-state index contributed by atoms with van der Waals surface area (Å²) in [5.41, 5.74) is 1.31. The Morgan fingerprint density at radius 2 is 1.55 bits per heavy atom. The molecule has 0 aromatic heterocycles. The first-order chi connectivity index (χ1) is 15.0. The van der Waals surface area contributed by atoms with Crippen molar-refractivity contribution >= 4 is 39.9 Å². The maximum Gasteiger partial charge on any atom is 0.306 e. The van der Waals surface area contributed by atoms with E-state index in [1.54, 1.807) is 31.4 Å². The van der Waals surface area contributed by atoms with Crippen molar-refractivity contribution in [1.82, 2.24) is 0 Å². The number of hydrogen-bond donors (Lipinski definition) is 2. The first-order valence-electron chi connectivity index (χ1n) is 9.92. The molecule has 0 unspecified atom stereocenters. The summed E-state index contributed by atoms with van der Waals surface area (Å²) in [6, 6.07) is 20.3. The van der Waals surface area contributed by atoms with Gasteiger partial charge in [0.1, 0.15) is 5.75 Å². The second-order valence-corrected chi connectivity index (χ2v) is 6.87. The summed E-state index contributed by atoms with van der Waals surface area (Å²) in [6.45, 7) is -0.382. The Hall–Kier alpha value is -3.87. The minimum atomic E-state index is -0.525. The number of benzene rings is 3. The minimum Gasteiger partial charge on any atom is -0.497 e. The SMILES string of the molecule is COc1ccc(NC(=O)COC(=O)CCCC(=O)Nc2cccc3ccccc23)cc1. The molecule has 0 saturated heterocycles. The third-order valence-electron chi connectivity index (χ3n) is 4.59. The molecule has 0 spiro atoms. The van der Waals surface area contributed by atoms with Crippen LogP contribution in [0, 0.1) is 0 Å². The highest BCUT2D eigenvalue weighted by atomic mass is 16.5. The Labute approximate surface area is 180 Å². The van der Waals surface area contributed by atoms with E-state index in [1.807, 2.05) is 42.5 Å². The lowest BCUT2D eigenvalue weighted by molar-refractivity contribution is -0.147. The van der Waals surface area contributed by atoms with Crippen LogP contribution in [0.3, 0.4) is 0 Å². The van der Waals surface area contributed by atoms with Gasteiger partial charge in [-0.3, -0.25) is 14.4 Å². The van der Waals surface area contributed by atoms with E-state index >= 15 is 0 Å². The van der Waals surface area contributed by atoms with Gasteiger partial charge in [0.05, 0.1) is 7.11 Å². The van der Waals surface area contributed by atoms with Crippen LogP contribution in [-0.4, -0.2) is 31.5 Å². The Balaban J connectivity index is 1.36. The number of anilines is 2. The lowest BCUT2D eigenvalue weighted by Gasteiger charge is -2.09. The lowest BCUT2D eigenvalue weighted by Crippen LogP contribution is -2.21. The highest BCUT2D eigenvalue weighted by Crippen LogP contribution is 2.23. The number of carbonyl (C=O) groups is 3. The predicted octanol–water partition coefficient (Wildman–Crippen LogP) is 4.14. The van der Waals surface area contributed by atoms with Gasteiger partial charge in [-0.25, -0.2) is 0 Å². The Kier molecular flexibility index (Phi) is 7.59. The van der Waals surface area contributed by atoms with Crippen LogP contribution in [0.25, 0.3) is 10.8 Å². The van der Waals surface area contributed by atoms with Crippen molar-refractivity contribution < 1.29 is 23.9 Å². The smallest absolute Gasteiger partial charge is 0.306 e. The fourth-order valence-corrected chi connectivity index (χ4v) is 3.03. The molecule has 7 nitrogen and oxygen atoms in total. The second-order valence-electron chi connectivity index (χ2n) is 6.87. The standard InChI is InChI=1S/C24H24N2O5/c1-30-19-14-12-18(13-15-19)25-23(28)16-31-24(29)11-5-10-22(27)26-21-9-4-7-17-6-2-3-8-20(17)21/h2-4,6-9,12-15H,5,10-11,16H2,1H3,(H,25,28)(H,26,27). The van der Waals surface area contributed by atoms with Gasteiger partial charge in [-0.05, 0) is 42.1 Å². The normalized spacial score (nSPS) is 10.4. The van der Waals surface area contributed by atoms with E-state index in [0.29, 0.717) is 17.9 Å². The molecule has 3 aromatic carbocycles. The van der Waals surface area contributed by atoms with Gasteiger partial charge in [-0.2, -0.15) is 0 Å². The van der Waals surface area contributed by atoms with Crippen molar-refractivity contribution in [2.45, 2.75) is 19.3 Å². The van der Waals surface area contributed by atoms with E-state index in [2.05, 4.69) is 10.6 Å². The summed E-state index contributed by atoms with van der Waals surface area (Å²) >= 11 is 0. The van der Waals surface area contributed by atoms with Crippen molar-refractivity contribution in [2.75, 3.05) is 24.4 Å². The molecule has 0 aliphatic heterocycles.